The Hall–Kier alpha value is -0.686. The zero-order chi connectivity index (χ0) is 52.2. The molecule has 0 unspecified atom stereocenters. The van der Waals surface area contributed by atoms with E-state index in [0.717, 1.165) is 128 Å². The van der Waals surface area contributed by atoms with Crippen molar-refractivity contribution in [3.63, 3.8) is 0 Å². The number of hydrogen-bond acceptors (Lipinski definition) is 14. The molecule has 18 nitrogen and oxygen atoms in total. The third-order valence-corrected chi connectivity index (χ3v) is 14.0. The largest absolute Gasteiger partial charge is 1.00 e. The molecule has 0 aliphatic carbocycles. The summed E-state index contributed by atoms with van der Waals surface area (Å²) < 4.78 is 103. The Balaban J connectivity index is 0.000000300. The number of hydrogen-bond donors (Lipinski definition) is 1. The van der Waals surface area contributed by atoms with Gasteiger partial charge in [0.1, 0.15) is 24.5 Å². The van der Waals surface area contributed by atoms with Gasteiger partial charge in [-0.25, -0.2) is 26.9 Å². The van der Waals surface area contributed by atoms with E-state index in [1.54, 1.807) is 29.5 Å². The van der Waals surface area contributed by atoms with Crippen molar-refractivity contribution in [1.82, 2.24) is 49.3 Å². The number of aromatic amines is 1. The molecule has 4 aromatic heterocycles. The Bertz CT molecular complexity index is 2790. The summed E-state index contributed by atoms with van der Waals surface area (Å²) in [6.07, 6.45) is 10.3. The Morgan fingerprint density at radius 2 is 1.27 bits per heavy atom. The predicted octanol–water partition coefficient (Wildman–Crippen LogP) is 0.848. The molecule has 2 aromatic carbocycles. The summed E-state index contributed by atoms with van der Waals surface area (Å²) in [7, 11) is -4.70. The van der Waals surface area contributed by atoms with Gasteiger partial charge < -0.3 is 21.0 Å². The van der Waals surface area contributed by atoms with Crippen LogP contribution in [0, 0.1) is 0 Å². The number of fused-ring (bicyclic) bond motifs is 2. The van der Waals surface area contributed by atoms with Crippen LogP contribution in [0.1, 0.15) is 65.3 Å². The van der Waals surface area contributed by atoms with Crippen molar-refractivity contribution >= 4 is 61.6 Å². The van der Waals surface area contributed by atoms with Crippen LogP contribution in [0.15, 0.2) is 61.4 Å². The first kappa shape index (κ1) is 63.1. The number of rotatable bonds is 12. The molecule has 0 bridgehead atoms. The average molecular weight is 1330 g/mol. The number of benzene rings is 2. The monoisotopic (exact) mass is 1330 g/mol. The SMILES string of the molecule is CC1(N2CCC(c3cc4c(cnn4-c4cn[nH]c4)cc3Cl)CC2)COC1.CC1(N2CCC(c3cc4c(cnn4-c4cnn(CC(F)F)c4)cc3Cl)CC2)COC1.CS(=O)(=O)OCC(F)F.O=CO[O-].[2H]CF.[Cs+].[Cs+].[H-]. The molecule has 10 rings (SSSR count). The van der Waals surface area contributed by atoms with E-state index in [1.165, 1.54) is 10.2 Å². The summed E-state index contributed by atoms with van der Waals surface area (Å²) in [4.78, 5) is 16.4. The summed E-state index contributed by atoms with van der Waals surface area (Å²) in [5.74, 6) is 0.869. The van der Waals surface area contributed by atoms with Crippen LogP contribution in [0.3, 0.4) is 0 Å². The molecular formula is C45H57Cl2Cs2F5N10O8S. The minimum absolute atomic E-state index is 0. The number of nitrogens with zero attached hydrogens (tertiary/aromatic N) is 9. The predicted molar refractivity (Wildman–Crippen MR) is 254 cm³/mol. The zero-order valence-corrected chi connectivity index (χ0v) is 56.0. The molecular weight excluding hydrogens is 1270 g/mol. The second kappa shape index (κ2) is 30.1. The van der Waals surface area contributed by atoms with Gasteiger partial charge in [0.15, 0.2) is 0 Å². The second-order valence-electron chi connectivity index (χ2n) is 17.8. The van der Waals surface area contributed by atoms with Gasteiger partial charge in [-0.3, -0.25) is 32.9 Å². The summed E-state index contributed by atoms with van der Waals surface area (Å²) >= 11 is 13.3. The first-order valence-corrected chi connectivity index (χ1v) is 24.9. The van der Waals surface area contributed by atoms with Crippen LogP contribution in [0.4, 0.5) is 22.0 Å². The molecule has 0 atom stereocenters. The van der Waals surface area contributed by atoms with Gasteiger partial charge in [-0.1, -0.05) is 23.2 Å². The third-order valence-electron chi connectivity index (χ3n) is 12.8. The van der Waals surface area contributed by atoms with Crippen LogP contribution >= 0.6 is 23.2 Å². The normalized spacial score (nSPS) is 17.9. The van der Waals surface area contributed by atoms with Gasteiger partial charge in [-0.2, -0.15) is 28.8 Å². The van der Waals surface area contributed by atoms with Crippen molar-refractivity contribution in [1.29, 1.82) is 0 Å². The van der Waals surface area contributed by atoms with Gasteiger partial charge in [-0.15, -0.1) is 0 Å². The van der Waals surface area contributed by atoms with Crippen molar-refractivity contribution in [2.24, 2.45) is 0 Å². The summed E-state index contributed by atoms with van der Waals surface area (Å²) in [6.45, 7) is 10.5. The number of aromatic nitrogens is 8. The molecule has 8 heterocycles. The van der Waals surface area contributed by atoms with Crippen molar-refractivity contribution in [2.45, 2.75) is 81.8 Å². The van der Waals surface area contributed by atoms with Crippen LogP contribution < -0.4 is 143 Å². The molecule has 392 valence electrons. The van der Waals surface area contributed by atoms with E-state index in [-0.39, 0.29) is 157 Å². The maximum atomic E-state index is 12.6. The van der Waals surface area contributed by atoms with E-state index in [4.69, 9.17) is 44.1 Å². The second-order valence-corrected chi connectivity index (χ2v) is 20.3. The molecule has 4 fully saturated rings. The Kier molecular flexibility index (Phi) is 26.0. The molecule has 0 radical (unpaired) electrons. The first-order chi connectivity index (χ1) is 34.3. The molecule has 28 heteroatoms. The van der Waals surface area contributed by atoms with E-state index in [0.29, 0.717) is 17.5 Å². The Morgan fingerprint density at radius 3 is 1.62 bits per heavy atom. The van der Waals surface area contributed by atoms with Gasteiger partial charge in [-0.05, 0) is 113 Å². The molecule has 0 saturated carbocycles. The van der Waals surface area contributed by atoms with E-state index in [2.05, 4.69) is 70.3 Å². The number of halogens is 7. The smallest absolute Gasteiger partial charge is 1.00 e. The number of carbonyl (C=O) groups is 1. The van der Waals surface area contributed by atoms with E-state index in [9.17, 15) is 30.4 Å². The van der Waals surface area contributed by atoms with Gasteiger partial charge in [0, 0.05) is 27.0 Å². The number of H-pyrrole nitrogens is 1. The minimum Gasteiger partial charge on any atom is -1.00 e. The molecule has 4 aliphatic heterocycles. The topological polar surface area (TPSA) is 200 Å². The Labute approximate surface area is 550 Å². The van der Waals surface area contributed by atoms with Crippen molar-refractivity contribution in [3.05, 3.63) is 82.6 Å². The number of nitrogens with one attached hydrogen (secondary N) is 1. The number of alkyl halides is 5. The fourth-order valence-electron chi connectivity index (χ4n) is 9.02. The zero-order valence-electron chi connectivity index (χ0n) is 43.1. The molecule has 4 aliphatic rings. The fraction of sp³-hybridized carbons (Fsp3) is 0.533. The molecule has 4 saturated heterocycles. The number of ether oxygens (including phenoxy) is 2. The van der Waals surface area contributed by atoms with Crippen molar-refractivity contribution in [2.75, 3.05) is 72.6 Å². The van der Waals surface area contributed by atoms with Crippen LogP contribution in [0.2, 0.25) is 10.0 Å². The maximum absolute atomic E-state index is 12.6. The van der Waals surface area contributed by atoms with Crippen LogP contribution in [-0.2, 0) is 40.0 Å². The maximum Gasteiger partial charge on any atom is 1.00 e. The van der Waals surface area contributed by atoms with Crippen LogP contribution in [-0.4, -0.2) is 161 Å². The van der Waals surface area contributed by atoms with E-state index in [1.807, 2.05) is 29.2 Å². The van der Waals surface area contributed by atoms with E-state index < -0.39 is 43.3 Å². The van der Waals surface area contributed by atoms with Crippen LogP contribution in [0.25, 0.3) is 33.2 Å². The molecule has 0 spiro atoms. The van der Waals surface area contributed by atoms with Crippen LogP contribution in [0.5, 0.6) is 0 Å². The summed E-state index contributed by atoms with van der Waals surface area (Å²) in [5.41, 5.74) is 6.35. The third kappa shape index (κ3) is 17.4. The molecule has 6 aromatic rings. The molecule has 0 amide bonds. The van der Waals surface area contributed by atoms with Crippen molar-refractivity contribution < 1.29 is 200 Å². The molecule has 73 heavy (non-hydrogen) atoms. The number of carbonyl (C=O) groups excluding carboxylic acids is 1. The minimum atomic E-state index is -3.70. The van der Waals surface area contributed by atoms with Gasteiger partial charge in [0.05, 0.1) is 94.3 Å². The molecule has 1 N–H and O–H groups in total. The summed E-state index contributed by atoms with van der Waals surface area (Å²) in [5, 5.41) is 31.9. The number of piperidine rings is 2. The standard InChI is InChI=1S/C21H24ClF2N5O.C19H22ClN5O.C3H6F2O3S.CH3F.CH2O3.2Cs.H/c1-21(12-30-13-21)27-4-2-14(3-5-27)17-7-19-15(6-18(17)22)8-26-29(19)16-9-25-28(10-16)11-20(23)24;1-19(11-26-12-19)24-4-2-13(3-5-24)16-7-18-14(6-17(16)20)8-23-25(18)15-9-21-22-10-15;1-9(6,7)8-2-3(4)5;1-2;2-1-4-3;;;/h6-10,14,20H,2-5,11-13H2,1H3;6-10,13H,2-5,11-12H2,1H3,(H,21,22);3H,2H2,1H3;1H3;1,3H;;;/q;;;;;2*+1;-1/p-1/i;;;1D;;;;. The first-order valence-electron chi connectivity index (χ1n) is 23.0. The summed E-state index contributed by atoms with van der Waals surface area (Å²) in [6, 6.07) is 8.31. The van der Waals surface area contributed by atoms with Crippen molar-refractivity contribution in [3.8, 4) is 11.4 Å². The van der Waals surface area contributed by atoms with Gasteiger partial charge in [0.2, 0.25) is 0 Å². The number of likely N-dealkylation sites (tertiary alicyclic amines) is 2. The van der Waals surface area contributed by atoms with E-state index >= 15 is 0 Å². The van der Waals surface area contributed by atoms with Gasteiger partial charge in [0.25, 0.3) is 29.4 Å². The Morgan fingerprint density at radius 1 is 0.822 bits per heavy atom. The van der Waals surface area contributed by atoms with Gasteiger partial charge >= 0.3 is 138 Å². The fourth-order valence-corrected chi connectivity index (χ4v) is 10.0. The average Bonchev–Trinajstić information content (AvgIpc) is 4.18. The quantitative estimate of drug-likeness (QED) is 0.0595.